The second kappa shape index (κ2) is 10.0. The SMILES string of the molecule is CCN(CC)CCNC(=O)N[C@@H]1CC(=O)N(c2ccc(OC)c(OC)c2)C1. The Bertz CT molecular complexity index is 649. The number of amides is 3. The van der Waals surface area contributed by atoms with E-state index in [1.54, 1.807) is 31.3 Å². The first kappa shape index (κ1) is 20.8. The maximum Gasteiger partial charge on any atom is 0.315 e. The highest BCUT2D eigenvalue weighted by atomic mass is 16.5. The number of ether oxygens (including phenoxy) is 2. The van der Waals surface area contributed by atoms with Gasteiger partial charge in [0.15, 0.2) is 11.5 Å². The second-order valence-corrected chi connectivity index (χ2v) is 6.37. The minimum absolute atomic E-state index is 0.0318. The lowest BCUT2D eigenvalue weighted by Crippen LogP contribution is -2.45. The fourth-order valence-corrected chi connectivity index (χ4v) is 3.15. The monoisotopic (exact) mass is 378 g/mol. The molecule has 0 aromatic heterocycles. The summed E-state index contributed by atoms with van der Waals surface area (Å²) in [5.74, 6) is 1.14. The van der Waals surface area contributed by atoms with E-state index in [9.17, 15) is 9.59 Å². The molecule has 1 atom stereocenters. The molecule has 0 aliphatic carbocycles. The van der Waals surface area contributed by atoms with E-state index in [4.69, 9.17) is 9.47 Å². The van der Waals surface area contributed by atoms with E-state index < -0.39 is 0 Å². The van der Waals surface area contributed by atoms with Crippen LogP contribution in [0.5, 0.6) is 11.5 Å². The first-order chi connectivity index (χ1) is 13.0. The number of benzene rings is 1. The predicted octanol–water partition coefficient (Wildman–Crippen LogP) is 1.45. The van der Waals surface area contributed by atoms with Gasteiger partial charge in [0.25, 0.3) is 0 Å². The topological polar surface area (TPSA) is 83.1 Å². The lowest BCUT2D eigenvalue weighted by Gasteiger charge is -2.20. The largest absolute Gasteiger partial charge is 0.493 e. The third kappa shape index (κ3) is 5.50. The minimum atomic E-state index is -0.242. The Morgan fingerprint density at radius 2 is 1.93 bits per heavy atom. The van der Waals surface area contributed by atoms with Crippen LogP contribution in [0.1, 0.15) is 20.3 Å². The molecule has 2 N–H and O–H groups in total. The number of hydrogen-bond acceptors (Lipinski definition) is 5. The van der Waals surface area contributed by atoms with Crippen LogP contribution in [0.3, 0.4) is 0 Å². The highest BCUT2D eigenvalue weighted by molar-refractivity contribution is 5.97. The Hall–Kier alpha value is -2.48. The Kier molecular flexibility index (Phi) is 7.72. The van der Waals surface area contributed by atoms with Gasteiger partial charge in [0.2, 0.25) is 5.91 Å². The summed E-state index contributed by atoms with van der Waals surface area (Å²) in [6.07, 6.45) is 0.276. The van der Waals surface area contributed by atoms with E-state index in [2.05, 4.69) is 29.4 Å². The molecule has 8 nitrogen and oxygen atoms in total. The van der Waals surface area contributed by atoms with Gasteiger partial charge in [-0.1, -0.05) is 13.8 Å². The van der Waals surface area contributed by atoms with Crippen molar-refractivity contribution in [1.82, 2.24) is 15.5 Å². The number of methoxy groups -OCH3 is 2. The Labute approximate surface area is 160 Å². The van der Waals surface area contributed by atoms with Gasteiger partial charge in [-0.2, -0.15) is 0 Å². The zero-order chi connectivity index (χ0) is 19.8. The van der Waals surface area contributed by atoms with Crippen LogP contribution in [0.4, 0.5) is 10.5 Å². The molecule has 1 saturated heterocycles. The number of likely N-dealkylation sites (N-methyl/N-ethyl adjacent to an activating group) is 1. The highest BCUT2D eigenvalue weighted by Crippen LogP contribution is 2.33. The quantitative estimate of drug-likeness (QED) is 0.680. The molecule has 0 bridgehead atoms. The molecule has 1 aliphatic rings. The van der Waals surface area contributed by atoms with Crippen LogP contribution in [-0.4, -0.2) is 69.8 Å². The van der Waals surface area contributed by atoms with Crippen molar-refractivity contribution in [2.75, 3.05) is 51.8 Å². The summed E-state index contributed by atoms with van der Waals surface area (Å²) in [5, 5.41) is 5.74. The van der Waals surface area contributed by atoms with Gasteiger partial charge < -0.3 is 29.9 Å². The van der Waals surface area contributed by atoms with Crippen molar-refractivity contribution in [2.45, 2.75) is 26.3 Å². The predicted molar refractivity (Wildman–Crippen MR) is 105 cm³/mol. The summed E-state index contributed by atoms with van der Waals surface area (Å²) in [6.45, 7) is 7.91. The van der Waals surface area contributed by atoms with Gasteiger partial charge in [0.05, 0.1) is 20.3 Å². The number of urea groups is 1. The van der Waals surface area contributed by atoms with Crippen LogP contribution in [0.2, 0.25) is 0 Å². The van der Waals surface area contributed by atoms with Crippen molar-refractivity contribution in [1.29, 1.82) is 0 Å². The molecule has 2 rings (SSSR count). The maximum atomic E-state index is 12.4. The van der Waals surface area contributed by atoms with E-state index in [1.807, 2.05) is 6.07 Å². The van der Waals surface area contributed by atoms with Gasteiger partial charge in [-0.25, -0.2) is 4.79 Å². The molecule has 0 spiro atoms. The zero-order valence-electron chi connectivity index (χ0n) is 16.6. The fraction of sp³-hybridized carbons (Fsp3) is 0.579. The Morgan fingerprint density at radius 1 is 1.22 bits per heavy atom. The third-order valence-electron chi connectivity index (χ3n) is 4.75. The van der Waals surface area contributed by atoms with Crippen LogP contribution in [0.25, 0.3) is 0 Å². The van der Waals surface area contributed by atoms with Crippen molar-refractivity contribution < 1.29 is 19.1 Å². The lowest BCUT2D eigenvalue weighted by atomic mass is 10.2. The van der Waals surface area contributed by atoms with Gasteiger partial charge in [-0.15, -0.1) is 0 Å². The standard InChI is InChI=1S/C19H30N4O4/c1-5-22(6-2)10-9-20-19(25)21-14-11-18(24)23(13-14)15-7-8-16(26-3)17(12-15)27-4/h7-8,12,14H,5-6,9-11,13H2,1-4H3,(H2,20,21,25)/t14-/m1/s1. The molecular weight excluding hydrogens is 348 g/mol. The molecule has 27 heavy (non-hydrogen) atoms. The highest BCUT2D eigenvalue weighted by Gasteiger charge is 2.32. The van der Waals surface area contributed by atoms with E-state index in [1.165, 1.54) is 0 Å². The summed E-state index contributed by atoms with van der Waals surface area (Å²) in [5.41, 5.74) is 0.726. The smallest absolute Gasteiger partial charge is 0.315 e. The molecule has 1 aromatic carbocycles. The van der Waals surface area contributed by atoms with Gasteiger partial charge in [0, 0.05) is 37.8 Å². The molecule has 0 unspecified atom stereocenters. The molecule has 1 aliphatic heterocycles. The average Bonchev–Trinajstić information content (AvgIpc) is 3.04. The zero-order valence-corrected chi connectivity index (χ0v) is 16.6. The first-order valence-corrected chi connectivity index (χ1v) is 9.31. The number of anilines is 1. The number of nitrogens with zero attached hydrogens (tertiary/aromatic N) is 2. The van der Waals surface area contributed by atoms with Gasteiger partial charge in [0.1, 0.15) is 0 Å². The molecule has 1 fully saturated rings. The summed E-state index contributed by atoms with van der Waals surface area (Å²) in [7, 11) is 3.12. The molecule has 1 heterocycles. The summed E-state index contributed by atoms with van der Waals surface area (Å²) >= 11 is 0. The third-order valence-corrected chi connectivity index (χ3v) is 4.75. The van der Waals surface area contributed by atoms with Crippen molar-refractivity contribution in [3.05, 3.63) is 18.2 Å². The van der Waals surface area contributed by atoms with Gasteiger partial charge in [-0.05, 0) is 25.2 Å². The fourth-order valence-electron chi connectivity index (χ4n) is 3.15. The first-order valence-electron chi connectivity index (χ1n) is 9.31. The van der Waals surface area contributed by atoms with E-state index in [0.717, 1.165) is 25.3 Å². The van der Waals surface area contributed by atoms with E-state index >= 15 is 0 Å². The molecule has 1 aromatic rings. The summed E-state index contributed by atoms with van der Waals surface area (Å²) < 4.78 is 10.5. The van der Waals surface area contributed by atoms with Gasteiger partial charge in [-0.3, -0.25) is 4.79 Å². The number of nitrogens with one attached hydrogen (secondary N) is 2. The van der Waals surface area contributed by atoms with Crippen LogP contribution in [0, 0.1) is 0 Å². The van der Waals surface area contributed by atoms with Crippen LogP contribution < -0.4 is 25.0 Å². The Morgan fingerprint density at radius 3 is 2.56 bits per heavy atom. The average molecular weight is 378 g/mol. The number of carbonyl (C=O) groups excluding carboxylic acids is 2. The summed E-state index contributed by atoms with van der Waals surface area (Å²) in [4.78, 5) is 28.4. The molecule has 3 amide bonds. The van der Waals surface area contributed by atoms with E-state index in [-0.39, 0.29) is 24.4 Å². The number of rotatable bonds is 9. The molecular formula is C19H30N4O4. The van der Waals surface area contributed by atoms with Crippen molar-refractivity contribution in [3.8, 4) is 11.5 Å². The normalized spacial score (nSPS) is 16.6. The molecule has 8 heteroatoms. The Balaban J connectivity index is 1.89. The lowest BCUT2D eigenvalue weighted by molar-refractivity contribution is -0.117. The van der Waals surface area contributed by atoms with Crippen LogP contribution >= 0.6 is 0 Å². The number of hydrogen-bond donors (Lipinski definition) is 2. The van der Waals surface area contributed by atoms with Crippen LogP contribution in [-0.2, 0) is 4.79 Å². The number of carbonyl (C=O) groups is 2. The van der Waals surface area contributed by atoms with Crippen molar-refractivity contribution in [3.63, 3.8) is 0 Å². The van der Waals surface area contributed by atoms with E-state index in [0.29, 0.717) is 24.6 Å². The van der Waals surface area contributed by atoms with Crippen LogP contribution in [0.15, 0.2) is 18.2 Å². The van der Waals surface area contributed by atoms with Crippen molar-refractivity contribution >= 4 is 17.6 Å². The second-order valence-electron chi connectivity index (χ2n) is 6.37. The molecule has 0 radical (unpaired) electrons. The maximum absolute atomic E-state index is 12.4. The molecule has 0 saturated carbocycles. The van der Waals surface area contributed by atoms with Crippen molar-refractivity contribution in [2.24, 2.45) is 0 Å². The van der Waals surface area contributed by atoms with Gasteiger partial charge >= 0.3 is 6.03 Å². The molecule has 150 valence electrons. The summed E-state index contributed by atoms with van der Waals surface area (Å²) in [6, 6.07) is 4.88. The minimum Gasteiger partial charge on any atom is -0.493 e.